The van der Waals surface area contributed by atoms with Gasteiger partial charge in [-0.05, 0) is 86.0 Å². The van der Waals surface area contributed by atoms with Crippen LogP contribution in [0.2, 0.25) is 0 Å². The Labute approximate surface area is 304 Å². The van der Waals surface area contributed by atoms with Crippen LogP contribution in [0.3, 0.4) is 0 Å². The molecule has 0 unspecified atom stereocenters. The molecule has 2 aromatic heterocycles. The van der Waals surface area contributed by atoms with Crippen molar-refractivity contribution in [2.45, 2.75) is 24.7 Å². The van der Waals surface area contributed by atoms with Crippen LogP contribution in [-0.4, -0.2) is 15.0 Å². The number of fused-ring (bicyclic) bond motifs is 9. The highest BCUT2D eigenvalue weighted by atomic mass is 14.9. The molecule has 246 valence electrons. The molecule has 6 aromatic carbocycles. The van der Waals surface area contributed by atoms with Gasteiger partial charge in [-0.25, -0.2) is 9.97 Å². The minimum absolute atomic E-state index is 0.133. The minimum atomic E-state index is -0.433. The predicted molar refractivity (Wildman–Crippen MR) is 211 cm³/mol. The fourth-order valence-electron chi connectivity index (χ4n) is 8.85. The molecule has 0 N–H and O–H groups in total. The van der Waals surface area contributed by atoms with Crippen LogP contribution in [0.4, 0.5) is 0 Å². The van der Waals surface area contributed by atoms with Crippen LogP contribution >= 0.6 is 0 Å². The van der Waals surface area contributed by atoms with E-state index in [4.69, 9.17) is 9.97 Å². The van der Waals surface area contributed by atoms with Gasteiger partial charge in [0.25, 0.3) is 0 Å². The van der Waals surface area contributed by atoms with Crippen LogP contribution in [0, 0.1) is 0 Å². The van der Waals surface area contributed by atoms with Crippen LogP contribution in [0.5, 0.6) is 0 Å². The fraction of sp³-hybridized carbons (Fsp3) is 0.0816. The molecule has 2 aliphatic rings. The molecule has 0 saturated heterocycles. The third kappa shape index (κ3) is 4.42. The molecular weight excluding hydrogens is 631 g/mol. The summed E-state index contributed by atoms with van der Waals surface area (Å²) in [7, 11) is 0. The van der Waals surface area contributed by atoms with Crippen LogP contribution < -0.4 is 0 Å². The third-order valence-corrected chi connectivity index (χ3v) is 11.2. The summed E-state index contributed by atoms with van der Waals surface area (Å²) in [5, 5.41) is 0. The van der Waals surface area contributed by atoms with E-state index in [-0.39, 0.29) is 5.41 Å². The Bertz CT molecular complexity index is 2550. The summed E-state index contributed by atoms with van der Waals surface area (Å²) in [6, 6.07) is 61.2. The number of rotatable bonds is 4. The molecule has 8 aromatic rings. The maximum atomic E-state index is 5.11. The maximum Gasteiger partial charge on any atom is 0.160 e. The fourth-order valence-corrected chi connectivity index (χ4v) is 8.85. The first-order chi connectivity index (χ1) is 25.5. The Hall–Kier alpha value is -6.45. The lowest BCUT2D eigenvalue weighted by molar-refractivity contribution is 0.563. The van der Waals surface area contributed by atoms with E-state index in [2.05, 4.69) is 152 Å². The Morgan fingerprint density at radius 2 is 0.942 bits per heavy atom. The lowest BCUT2D eigenvalue weighted by atomic mass is 9.55. The monoisotopic (exact) mass is 665 g/mol. The molecule has 0 bridgehead atoms. The van der Waals surface area contributed by atoms with Crippen molar-refractivity contribution < 1.29 is 0 Å². The SMILES string of the molecule is CC1(C)c2ccccc2C2(c3ccccc3-c3ccc(-c4cccc(-c5cc(-c6ccccn6)nc(-c6ccccc6)n5)c4)cc32)c2ccccc21. The highest BCUT2D eigenvalue weighted by Gasteiger charge is 2.53. The Morgan fingerprint density at radius 3 is 1.67 bits per heavy atom. The standard InChI is InChI=1S/C49H35N3/c1-48(2)39-21-8-10-23-41(39)49(42-24-11-9-22-40(42)48)38-20-7-6-19-36(38)37-27-26-34(30-43(37)49)33-17-14-18-35(29-33)45-31-46(44-25-12-13-28-50-44)52-47(51-45)32-15-4-3-5-16-32/h3-31H,1-2H3. The van der Waals surface area contributed by atoms with Gasteiger partial charge in [0.05, 0.1) is 22.5 Å². The first kappa shape index (κ1) is 30.4. The van der Waals surface area contributed by atoms with Gasteiger partial charge < -0.3 is 0 Å². The second-order valence-electron chi connectivity index (χ2n) is 14.4. The number of aromatic nitrogens is 3. The second-order valence-corrected chi connectivity index (χ2v) is 14.4. The van der Waals surface area contributed by atoms with Gasteiger partial charge in [-0.1, -0.05) is 153 Å². The summed E-state index contributed by atoms with van der Waals surface area (Å²) in [5.74, 6) is 0.680. The number of benzene rings is 6. The van der Waals surface area contributed by atoms with Crippen molar-refractivity contribution in [3.63, 3.8) is 0 Å². The molecule has 2 aliphatic carbocycles. The Morgan fingerprint density at radius 1 is 0.365 bits per heavy atom. The van der Waals surface area contributed by atoms with Crippen molar-refractivity contribution in [3.8, 4) is 56.3 Å². The van der Waals surface area contributed by atoms with Crippen molar-refractivity contribution in [2.24, 2.45) is 0 Å². The molecule has 3 nitrogen and oxygen atoms in total. The summed E-state index contributed by atoms with van der Waals surface area (Å²) >= 11 is 0. The molecule has 2 heterocycles. The molecule has 0 aliphatic heterocycles. The smallest absolute Gasteiger partial charge is 0.160 e. The highest BCUT2D eigenvalue weighted by molar-refractivity contribution is 5.90. The second kappa shape index (κ2) is 11.5. The molecule has 0 saturated carbocycles. The lowest BCUT2D eigenvalue weighted by Gasteiger charge is -2.46. The number of pyridine rings is 1. The van der Waals surface area contributed by atoms with Crippen LogP contribution in [0.25, 0.3) is 56.3 Å². The lowest BCUT2D eigenvalue weighted by Crippen LogP contribution is -2.40. The van der Waals surface area contributed by atoms with Gasteiger partial charge in [0.15, 0.2) is 5.82 Å². The quantitative estimate of drug-likeness (QED) is 0.188. The summed E-state index contributed by atoms with van der Waals surface area (Å²) in [4.78, 5) is 14.7. The molecule has 3 heteroatoms. The van der Waals surface area contributed by atoms with Crippen molar-refractivity contribution in [1.29, 1.82) is 0 Å². The summed E-state index contributed by atoms with van der Waals surface area (Å²) in [6.45, 7) is 4.74. The van der Waals surface area contributed by atoms with E-state index in [1.165, 1.54) is 50.1 Å². The normalized spacial score (nSPS) is 14.3. The van der Waals surface area contributed by atoms with E-state index < -0.39 is 5.41 Å². The largest absolute Gasteiger partial charge is 0.255 e. The minimum Gasteiger partial charge on any atom is -0.255 e. The maximum absolute atomic E-state index is 5.11. The van der Waals surface area contributed by atoms with Crippen molar-refractivity contribution in [3.05, 3.63) is 209 Å². The Balaban J connectivity index is 1.17. The van der Waals surface area contributed by atoms with Gasteiger partial charge in [0.2, 0.25) is 0 Å². The molecule has 0 radical (unpaired) electrons. The molecular formula is C49H35N3. The number of nitrogens with zero attached hydrogens (tertiary/aromatic N) is 3. The zero-order valence-corrected chi connectivity index (χ0v) is 29.1. The number of hydrogen-bond donors (Lipinski definition) is 0. The molecule has 0 atom stereocenters. The van der Waals surface area contributed by atoms with Crippen LogP contribution in [-0.2, 0) is 10.8 Å². The van der Waals surface area contributed by atoms with Gasteiger partial charge in [0.1, 0.15) is 0 Å². The summed E-state index contributed by atoms with van der Waals surface area (Å²) in [5.41, 5.74) is 17.0. The molecule has 0 fully saturated rings. The molecule has 52 heavy (non-hydrogen) atoms. The van der Waals surface area contributed by atoms with Gasteiger partial charge in [-0.15, -0.1) is 0 Å². The van der Waals surface area contributed by atoms with Gasteiger partial charge in [-0.2, -0.15) is 0 Å². The van der Waals surface area contributed by atoms with Crippen LogP contribution in [0.15, 0.2) is 176 Å². The van der Waals surface area contributed by atoms with E-state index >= 15 is 0 Å². The Kier molecular flexibility index (Phi) is 6.74. The van der Waals surface area contributed by atoms with E-state index in [1.807, 2.05) is 42.6 Å². The van der Waals surface area contributed by atoms with Crippen molar-refractivity contribution >= 4 is 0 Å². The average molecular weight is 666 g/mol. The third-order valence-electron chi connectivity index (χ3n) is 11.2. The van der Waals surface area contributed by atoms with Gasteiger partial charge in [-0.3, -0.25) is 4.98 Å². The van der Waals surface area contributed by atoms with E-state index in [0.717, 1.165) is 33.8 Å². The molecule has 0 amide bonds. The van der Waals surface area contributed by atoms with Gasteiger partial charge in [0, 0.05) is 22.7 Å². The molecule has 10 rings (SSSR count). The van der Waals surface area contributed by atoms with Crippen molar-refractivity contribution in [2.75, 3.05) is 0 Å². The van der Waals surface area contributed by atoms with E-state index in [9.17, 15) is 0 Å². The van der Waals surface area contributed by atoms with E-state index in [1.54, 1.807) is 0 Å². The zero-order chi connectivity index (χ0) is 34.9. The van der Waals surface area contributed by atoms with Gasteiger partial charge >= 0.3 is 0 Å². The average Bonchev–Trinajstić information content (AvgIpc) is 3.51. The van der Waals surface area contributed by atoms with Crippen molar-refractivity contribution in [1.82, 2.24) is 15.0 Å². The summed E-state index contributed by atoms with van der Waals surface area (Å²) in [6.07, 6.45) is 1.81. The first-order valence-electron chi connectivity index (χ1n) is 17.9. The van der Waals surface area contributed by atoms with Crippen LogP contribution in [0.1, 0.15) is 47.2 Å². The molecule has 1 spiro atoms. The number of hydrogen-bond acceptors (Lipinski definition) is 3. The van der Waals surface area contributed by atoms with E-state index in [0.29, 0.717) is 5.82 Å². The zero-order valence-electron chi connectivity index (χ0n) is 29.1. The first-order valence-corrected chi connectivity index (χ1v) is 17.9. The topological polar surface area (TPSA) is 38.7 Å². The summed E-state index contributed by atoms with van der Waals surface area (Å²) < 4.78 is 0. The highest BCUT2D eigenvalue weighted by Crippen LogP contribution is 2.62. The predicted octanol–water partition coefficient (Wildman–Crippen LogP) is 11.5.